The molecular formula is C27H52O5Si2. The van der Waals surface area contributed by atoms with Gasteiger partial charge in [0.25, 0.3) is 0 Å². The van der Waals surface area contributed by atoms with Gasteiger partial charge in [0.2, 0.25) is 0 Å². The Bertz CT molecular complexity index is 716. The maximum atomic E-state index is 11.1. The Kier molecular flexibility index (Phi) is 12.5. The first-order chi connectivity index (χ1) is 15.7. The standard InChI is InChI=1S/C27H52O5Si2/c1-10-34(11-2,12-3)32-26(4,5)16-13-17-27(6,29)24-15-14-23(20-25(24)28)21-31-22-30-18-19-33(7,8)9/h14-15,20,28-29H,10-13,16-19,21-22H2,1-9H3/t27-/m0/s1. The highest BCUT2D eigenvalue weighted by molar-refractivity contribution is 6.76. The lowest BCUT2D eigenvalue weighted by molar-refractivity contribution is -0.0574. The molecule has 1 aromatic carbocycles. The number of aromatic hydroxyl groups is 1. The molecule has 0 heterocycles. The van der Waals surface area contributed by atoms with Gasteiger partial charge < -0.3 is 24.1 Å². The number of aliphatic hydroxyl groups is 1. The summed E-state index contributed by atoms with van der Waals surface area (Å²) in [5, 5.41) is 21.7. The molecule has 34 heavy (non-hydrogen) atoms. The van der Waals surface area contributed by atoms with Crippen molar-refractivity contribution in [3.8, 4) is 5.75 Å². The summed E-state index contributed by atoms with van der Waals surface area (Å²) < 4.78 is 17.9. The number of ether oxygens (including phenoxy) is 2. The zero-order valence-corrected chi connectivity index (χ0v) is 25.4. The van der Waals surface area contributed by atoms with E-state index in [1.165, 1.54) is 0 Å². The molecule has 0 radical (unpaired) electrons. The number of hydrogen-bond donors (Lipinski definition) is 2. The summed E-state index contributed by atoms with van der Waals surface area (Å²) in [7, 11) is -2.77. The second kappa shape index (κ2) is 13.6. The number of hydrogen-bond acceptors (Lipinski definition) is 5. The fraction of sp³-hybridized carbons (Fsp3) is 0.778. The van der Waals surface area contributed by atoms with Gasteiger partial charge >= 0.3 is 0 Å². The smallest absolute Gasteiger partial charge is 0.192 e. The van der Waals surface area contributed by atoms with Crippen LogP contribution >= 0.6 is 0 Å². The van der Waals surface area contributed by atoms with E-state index in [0.29, 0.717) is 18.6 Å². The summed E-state index contributed by atoms with van der Waals surface area (Å²) in [6, 6.07) is 9.92. The topological polar surface area (TPSA) is 68.2 Å². The van der Waals surface area contributed by atoms with Gasteiger partial charge in [0.1, 0.15) is 12.5 Å². The van der Waals surface area contributed by atoms with Gasteiger partial charge in [-0.2, -0.15) is 0 Å². The lowest BCUT2D eigenvalue weighted by atomic mass is 9.87. The van der Waals surface area contributed by atoms with E-state index in [1.54, 1.807) is 13.0 Å². The summed E-state index contributed by atoms with van der Waals surface area (Å²) in [5.41, 5.74) is 0.111. The molecule has 0 aliphatic rings. The molecule has 0 aromatic heterocycles. The van der Waals surface area contributed by atoms with E-state index in [1.807, 2.05) is 12.1 Å². The van der Waals surface area contributed by atoms with Crippen molar-refractivity contribution in [3.63, 3.8) is 0 Å². The van der Waals surface area contributed by atoms with Crippen LogP contribution in [0.15, 0.2) is 18.2 Å². The highest BCUT2D eigenvalue weighted by Crippen LogP contribution is 2.36. The van der Waals surface area contributed by atoms with Crippen LogP contribution in [0.3, 0.4) is 0 Å². The first-order valence-electron chi connectivity index (χ1n) is 13.1. The van der Waals surface area contributed by atoms with Gasteiger partial charge in [-0.1, -0.05) is 52.5 Å². The molecule has 0 fully saturated rings. The second-order valence-corrected chi connectivity index (χ2v) is 22.1. The first kappa shape index (κ1) is 31.3. The lowest BCUT2D eigenvalue weighted by Gasteiger charge is -2.39. The van der Waals surface area contributed by atoms with Crippen molar-refractivity contribution in [3.05, 3.63) is 29.3 Å². The summed E-state index contributed by atoms with van der Waals surface area (Å²) in [5.74, 6) is 0.107. The molecule has 1 aromatic rings. The van der Waals surface area contributed by atoms with Crippen LogP contribution in [-0.2, 0) is 26.1 Å². The molecule has 0 aliphatic carbocycles. The van der Waals surface area contributed by atoms with Crippen molar-refractivity contribution in [1.29, 1.82) is 0 Å². The third kappa shape index (κ3) is 10.9. The Hall–Kier alpha value is -0.706. The zero-order valence-electron chi connectivity index (χ0n) is 23.4. The van der Waals surface area contributed by atoms with E-state index in [2.05, 4.69) is 54.3 Å². The van der Waals surface area contributed by atoms with E-state index < -0.39 is 22.0 Å². The predicted octanol–water partition coefficient (Wildman–Crippen LogP) is 7.40. The van der Waals surface area contributed by atoms with Crippen LogP contribution in [0, 0.1) is 0 Å². The second-order valence-electron chi connectivity index (χ2n) is 11.8. The number of benzene rings is 1. The van der Waals surface area contributed by atoms with Gasteiger partial charge in [-0.05, 0) is 75.8 Å². The summed E-state index contributed by atoms with van der Waals surface area (Å²) in [6.45, 7) is 21.2. The van der Waals surface area contributed by atoms with Gasteiger partial charge in [-0.15, -0.1) is 0 Å². The third-order valence-electron chi connectivity index (χ3n) is 6.94. The van der Waals surface area contributed by atoms with E-state index in [4.69, 9.17) is 13.9 Å². The summed E-state index contributed by atoms with van der Waals surface area (Å²) in [4.78, 5) is 0. The molecule has 0 saturated heterocycles. The van der Waals surface area contributed by atoms with Gasteiger partial charge in [0, 0.05) is 20.2 Å². The van der Waals surface area contributed by atoms with E-state index >= 15 is 0 Å². The van der Waals surface area contributed by atoms with Gasteiger partial charge in [-0.25, -0.2) is 0 Å². The minimum atomic E-state index is -1.68. The van der Waals surface area contributed by atoms with Gasteiger partial charge in [0.05, 0.1) is 17.8 Å². The van der Waals surface area contributed by atoms with Crippen molar-refractivity contribution in [1.82, 2.24) is 0 Å². The van der Waals surface area contributed by atoms with E-state index in [0.717, 1.165) is 49.2 Å². The van der Waals surface area contributed by atoms with Crippen LogP contribution in [0.5, 0.6) is 5.75 Å². The monoisotopic (exact) mass is 512 g/mol. The molecule has 1 atom stereocenters. The average Bonchev–Trinajstić information content (AvgIpc) is 2.73. The Labute approximate surface area is 211 Å². The van der Waals surface area contributed by atoms with Crippen molar-refractivity contribution >= 4 is 16.4 Å². The van der Waals surface area contributed by atoms with Crippen LogP contribution in [0.1, 0.15) is 71.9 Å². The lowest BCUT2D eigenvalue weighted by Crippen LogP contribution is -2.44. The molecule has 7 heteroatoms. The normalized spacial score (nSPS) is 14.9. The van der Waals surface area contributed by atoms with Crippen molar-refractivity contribution < 1.29 is 24.1 Å². The number of phenolic OH excluding ortho intramolecular Hbond substituents is 1. The molecule has 0 unspecified atom stereocenters. The predicted molar refractivity (Wildman–Crippen MR) is 148 cm³/mol. The van der Waals surface area contributed by atoms with Gasteiger partial charge in [-0.3, -0.25) is 0 Å². The fourth-order valence-corrected chi connectivity index (χ4v) is 8.34. The fourth-order valence-electron chi connectivity index (χ4n) is 4.37. The van der Waals surface area contributed by atoms with Crippen LogP contribution in [0.25, 0.3) is 0 Å². The largest absolute Gasteiger partial charge is 0.508 e. The SMILES string of the molecule is CC[Si](CC)(CC)OC(C)(C)CCC[C@](C)(O)c1ccc(COCOCC[Si](C)(C)C)cc1O. The average molecular weight is 513 g/mol. The third-order valence-corrected chi connectivity index (χ3v) is 13.5. The summed E-state index contributed by atoms with van der Waals surface area (Å²) >= 11 is 0. The van der Waals surface area contributed by atoms with Gasteiger partial charge in [0.15, 0.2) is 8.32 Å². The van der Waals surface area contributed by atoms with E-state index in [-0.39, 0.29) is 18.1 Å². The Balaban J connectivity index is 2.58. The maximum Gasteiger partial charge on any atom is 0.192 e. The maximum absolute atomic E-state index is 11.1. The molecule has 0 bridgehead atoms. The number of phenols is 1. The quantitative estimate of drug-likeness (QED) is 0.129. The molecule has 1 rings (SSSR count). The van der Waals surface area contributed by atoms with Crippen LogP contribution in [0.2, 0.25) is 43.8 Å². The molecule has 198 valence electrons. The summed E-state index contributed by atoms with van der Waals surface area (Å²) in [6.07, 6.45) is 2.26. The zero-order chi connectivity index (χ0) is 26.0. The van der Waals surface area contributed by atoms with Crippen LogP contribution < -0.4 is 0 Å². The van der Waals surface area contributed by atoms with Crippen molar-refractivity contribution in [2.45, 2.75) is 122 Å². The Morgan fingerprint density at radius 1 is 0.912 bits per heavy atom. The van der Waals surface area contributed by atoms with Crippen LogP contribution in [-0.4, -0.2) is 45.6 Å². The molecule has 0 saturated carbocycles. The molecule has 0 aliphatic heterocycles. The molecular weight excluding hydrogens is 460 g/mol. The van der Waals surface area contributed by atoms with Crippen molar-refractivity contribution in [2.75, 3.05) is 13.4 Å². The highest BCUT2D eigenvalue weighted by Gasteiger charge is 2.36. The number of rotatable bonds is 17. The molecule has 5 nitrogen and oxygen atoms in total. The minimum Gasteiger partial charge on any atom is -0.508 e. The first-order valence-corrected chi connectivity index (χ1v) is 19.3. The highest BCUT2D eigenvalue weighted by atomic mass is 28.4. The van der Waals surface area contributed by atoms with E-state index in [9.17, 15) is 10.2 Å². The molecule has 0 spiro atoms. The Morgan fingerprint density at radius 2 is 1.53 bits per heavy atom. The molecule has 0 amide bonds. The Morgan fingerprint density at radius 3 is 2.06 bits per heavy atom. The molecule has 2 N–H and O–H groups in total. The van der Waals surface area contributed by atoms with Crippen molar-refractivity contribution in [2.24, 2.45) is 0 Å². The van der Waals surface area contributed by atoms with Crippen LogP contribution in [0.4, 0.5) is 0 Å². The minimum absolute atomic E-state index is 0.107.